The third-order valence-electron chi connectivity index (χ3n) is 5.53. The zero-order valence-electron chi connectivity index (χ0n) is 14.7. The topological polar surface area (TPSA) is 72.9 Å². The van der Waals surface area contributed by atoms with E-state index in [1.165, 1.54) is 0 Å². The first kappa shape index (κ1) is 16.4. The molecule has 0 spiro atoms. The number of carbonyl (C=O) groups is 2. The van der Waals surface area contributed by atoms with Crippen LogP contribution >= 0.6 is 0 Å². The van der Waals surface area contributed by atoms with Gasteiger partial charge in [-0.05, 0) is 38.3 Å². The Morgan fingerprint density at radius 1 is 1.28 bits per heavy atom. The van der Waals surface area contributed by atoms with Crippen LogP contribution in [0.15, 0.2) is 24.3 Å². The molecule has 3 aliphatic rings. The molecule has 1 aliphatic carbocycles. The summed E-state index contributed by atoms with van der Waals surface area (Å²) in [5.41, 5.74) is 2.02. The van der Waals surface area contributed by atoms with Crippen molar-refractivity contribution in [1.29, 1.82) is 0 Å². The lowest BCUT2D eigenvalue weighted by molar-refractivity contribution is -0.120. The van der Waals surface area contributed by atoms with Crippen molar-refractivity contribution in [3.05, 3.63) is 29.8 Å². The summed E-state index contributed by atoms with van der Waals surface area (Å²) in [5.74, 6) is 0.390. The number of rotatable bonds is 3. The Kier molecular flexibility index (Phi) is 3.95. The quantitative estimate of drug-likeness (QED) is 0.877. The van der Waals surface area contributed by atoms with Crippen molar-refractivity contribution >= 4 is 17.6 Å². The molecular formula is C19H25N3O3. The minimum Gasteiger partial charge on any atom is -0.394 e. The monoisotopic (exact) mass is 343 g/mol. The van der Waals surface area contributed by atoms with E-state index in [4.69, 9.17) is 0 Å². The van der Waals surface area contributed by atoms with Crippen LogP contribution in [0.2, 0.25) is 0 Å². The van der Waals surface area contributed by atoms with Gasteiger partial charge in [-0.2, -0.15) is 0 Å². The van der Waals surface area contributed by atoms with Crippen molar-refractivity contribution in [2.75, 3.05) is 18.1 Å². The number of hydrogen-bond acceptors (Lipinski definition) is 3. The van der Waals surface area contributed by atoms with Crippen LogP contribution in [0.3, 0.4) is 0 Å². The molecule has 1 aromatic rings. The highest BCUT2D eigenvalue weighted by molar-refractivity contribution is 5.98. The van der Waals surface area contributed by atoms with E-state index in [0.29, 0.717) is 6.54 Å². The van der Waals surface area contributed by atoms with Gasteiger partial charge in [0.05, 0.1) is 18.7 Å². The summed E-state index contributed by atoms with van der Waals surface area (Å²) < 4.78 is 0. The first-order valence-corrected chi connectivity index (χ1v) is 9.13. The Morgan fingerprint density at radius 2 is 2.00 bits per heavy atom. The molecular weight excluding hydrogens is 318 g/mol. The van der Waals surface area contributed by atoms with Crippen molar-refractivity contribution in [1.82, 2.24) is 10.2 Å². The number of nitrogens with zero attached hydrogens (tertiary/aromatic N) is 2. The summed E-state index contributed by atoms with van der Waals surface area (Å²) in [5, 5.41) is 12.8. The van der Waals surface area contributed by atoms with E-state index in [9.17, 15) is 14.7 Å². The summed E-state index contributed by atoms with van der Waals surface area (Å²) in [6.07, 6.45) is 1.92. The number of nitrogens with one attached hydrogen (secondary N) is 1. The number of para-hydroxylation sites is 1. The van der Waals surface area contributed by atoms with Crippen molar-refractivity contribution in [2.45, 2.75) is 50.7 Å². The molecule has 1 aromatic carbocycles. The Labute approximate surface area is 147 Å². The molecule has 1 saturated carbocycles. The molecule has 25 heavy (non-hydrogen) atoms. The lowest BCUT2D eigenvalue weighted by Gasteiger charge is -2.58. The Bertz CT molecular complexity index is 701. The van der Waals surface area contributed by atoms with Gasteiger partial charge in [-0.15, -0.1) is 0 Å². The number of aliphatic hydroxyl groups excluding tert-OH is 1. The minimum atomic E-state index is -0.233. The SMILES string of the molecule is CC(C)NC(=O)N1[C@@H]2CN(C(=O)C3CC3)c3ccccc3[C@@H]2[C@@H]1CO. The van der Waals surface area contributed by atoms with Crippen LogP contribution in [0, 0.1) is 5.92 Å². The lowest BCUT2D eigenvalue weighted by atomic mass is 9.72. The third-order valence-corrected chi connectivity index (χ3v) is 5.53. The van der Waals surface area contributed by atoms with Crippen LogP contribution in [0.25, 0.3) is 0 Å². The van der Waals surface area contributed by atoms with Crippen LogP contribution in [0.1, 0.15) is 38.2 Å². The molecule has 2 fully saturated rings. The van der Waals surface area contributed by atoms with Crippen LogP contribution < -0.4 is 10.2 Å². The highest BCUT2D eigenvalue weighted by Gasteiger charge is 2.56. The van der Waals surface area contributed by atoms with Gasteiger partial charge in [0, 0.05) is 30.1 Å². The number of fused-ring (bicyclic) bond motifs is 3. The van der Waals surface area contributed by atoms with Gasteiger partial charge in [-0.1, -0.05) is 18.2 Å². The zero-order chi connectivity index (χ0) is 17.7. The molecule has 1 saturated heterocycles. The predicted octanol–water partition coefficient (Wildman–Crippen LogP) is 1.69. The van der Waals surface area contributed by atoms with Crippen LogP contribution in [-0.2, 0) is 4.79 Å². The number of amides is 3. The van der Waals surface area contributed by atoms with Crippen molar-refractivity contribution in [3.63, 3.8) is 0 Å². The standard InChI is InChI=1S/C19H25N3O3/c1-11(2)20-19(25)22-15-9-21(18(24)12-7-8-12)14-6-4-3-5-13(14)17(15)16(22)10-23/h3-6,11-12,15-17,23H,7-10H2,1-2H3,(H,20,25)/t15-,16+,17+/m1/s1. The van der Waals surface area contributed by atoms with Gasteiger partial charge in [0.15, 0.2) is 0 Å². The maximum absolute atomic E-state index is 12.8. The fraction of sp³-hybridized carbons (Fsp3) is 0.579. The molecule has 2 heterocycles. The molecule has 0 unspecified atom stereocenters. The van der Waals surface area contributed by atoms with Crippen molar-refractivity contribution in [3.8, 4) is 0 Å². The highest BCUT2D eigenvalue weighted by Crippen LogP contribution is 2.49. The summed E-state index contributed by atoms with van der Waals surface area (Å²) >= 11 is 0. The molecule has 6 heteroatoms. The Morgan fingerprint density at radius 3 is 2.64 bits per heavy atom. The van der Waals surface area contributed by atoms with Crippen molar-refractivity contribution in [2.24, 2.45) is 5.92 Å². The molecule has 2 N–H and O–H groups in total. The normalized spacial score (nSPS) is 27.4. The van der Waals surface area contributed by atoms with E-state index in [1.54, 1.807) is 4.90 Å². The average Bonchev–Trinajstić information content (AvgIpc) is 3.39. The predicted molar refractivity (Wildman–Crippen MR) is 94.4 cm³/mol. The average molecular weight is 343 g/mol. The number of carbonyl (C=O) groups excluding carboxylic acids is 2. The zero-order valence-corrected chi connectivity index (χ0v) is 14.7. The fourth-order valence-corrected chi connectivity index (χ4v) is 4.25. The van der Waals surface area contributed by atoms with Gasteiger partial charge >= 0.3 is 6.03 Å². The number of aliphatic hydroxyl groups is 1. The van der Waals surface area contributed by atoms with E-state index in [0.717, 1.165) is 24.1 Å². The smallest absolute Gasteiger partial charge is 0.318 e. The second kappa shape index (κ2) is 6.02. The number of benzene rings is 1. The molecule has 4 rings (SSSR count). The maximum Gasteiger partial charge on any atom is 0.318 e. The molecule has 3 amide bonds. The molecule has 0 radical (unpaired) electrons. The fourth-order valence-electron chi connectivity index (χ4n) is 4.25. The van der Waals surface area contributed by atoms with Crippen LogP contribution in [0.4, 0.5) is 10.5 Å². The number of urea groups is 1. The van der Waals surface area contributed by atoms with E-state index in [-0.39, 0.29) is 48.5 Å². The third kappa shape index (κ3) is 2.59. The van der Waals surface area contributed by atoms with Gasteiger partial charge in [0.2, 0.25) is 5.91 Å². The number of anilines is 1. The van der Waals surface area contributed by atoms with Crippen LogP contribution in [-0.4, -0.2) is 53.2 Å². The summed E-state index contributed by atoms with van der Waals surface area (Å²) in [7, 11) is 0. The van der Waals surface area contributed by atoms with E-state index in [2.05, 4.69) is 5.32 Å². The van der Waals surface area contributed by atoms with Gasteiger partial charge in [-0.25, -0.2) is 4.79 Å². The number of likely N-dealkylation sites (tertiary alicyclic amines) is 1. The Balaban J connectivity index is 1.67. The molecule has 134 valence electrons. The molecule has 0 bridgehead atoms. The molecule has 3 atom stereocenters. The van der Waals surface area contributed by atoms with E-state index in [1.807, 2.05) is 43.0 Å². The second-order valence-electron chi connectivity index (χ2n) is 7.64. The van der Waals surface area contributed by atoms with Gasteiger partial charge in [0.25, 0.3) is 0 Å². The van der Waals surface area contributed by atoms with Crippen LogP contribution in [0.5, 0.6) is 0 Å². The Hall–Kier alpha value is -2.08. The first-order chi connectivity index (χ1) is 12.0. The first-order valence-electron chi connectivity index (χ1n) is 9.13. The second-order valence-corrected chi connectivity index (χ2v) is 7.64. The van der Waals surface area contributed by atoms with E-state index >= 15 is 0 Å². The summed E-state index contributed by atoms with van der Waals surface area (Å²) in [4.78, 5) is 28.9. The number of hydrogen-bond donors (Lipinski definition) is 2. The van der Waals surface area contributed by atoms with Gasteiger partial charge < -0.3 is 20.2 Å². The summed E-state index contributed by atoms with van der Waals surface area (Å²) in [6.45, 7) is 4.28. The highest BCUT2D eigenvalue weighted by atomic mass is 16.3. The van der Waals surface area contributed by atoms with E-state index < -0.39 is 0 Å². The molecule has 6 nitrogen and oxygen atoms in total. The lowest BCUT2D eigenvalue weighted by Crippen LogP contribution is -2.72. The molecule has 2 aliphatic heterocycles. The van der Waals surface area contributed by atoms with Gasteiger partial charge in [-0.3, -0.25) is 4.79 Å². The van der Waals surface area contributed by atoms with Crippen molar-refractivity contribution < 1.29 is 14.7 Å². The minimum absolute atomic E-state index is 0.0333. The maximum atomic E-state index is 12.8. The largest absolute Gasteiger partial charge is 0.394 e. The molecule has 0 aromatic heterocycles. The van der Waals surface area contributed by atoms with Gasteiger partial charge in [0.1, 0.15) is 0 Å². The summed E-state index contributed by atoms with van der Waals surface area (Å²) in [6, 6.07) is 7.49.